The molecule has 0 radical (unpaired) electrons. The predicted molar refractivity (Wildman–Crippen MR) is 119 cm³/mol. The van der Waals surface area contributed by atoms with Crippen LogP contribution in [0, 0.1) is 18.3 Å². The summed E-state index contributed by atoms with van der Waals surface area (Å²) in [5.41, 5.74) is 3.83. The Morgan fingerprint density at radius 3 is 2.97 bits per heavy atom. The van der Waals surface area contributed by atoms with Gasteiger partial charge in [-0.1, -0.05) is 24.3 Å². The van der Waals surface area contributed by atoms with E-state index in [2.05, 4.69) is 34.5 Å². The van der Waals surface area contributed by atoms with Gasteiger partial charge in [0, 0.05) is 38.8 Å². The summed E-state index contributed by atoms with van der Waals surface area (Å²) < 4.78 is 7.40. The fraction of sp³-hybridized carbons (Fsp3) is 0.417. The number of benzene rings is 1. The molecule has 1 aromatic carbocycles. The van der Waals surface area contributed by atoms with E-state index in [9.17, 15) is 9.59 Å². The number of likely N-dealkylation sites (tertiary alicyclic amines) is 1. The number of amides is 2. The van der Waals surface area contributed by atoms with Crippen LogP contribution in [-0.4, -0.2) is 64.3 Å². The molecule has 0 unspecified atom stereocenters. The van der Waals surface area contributed by atoms with E-state index in [4.69, 9.17) is 4.74 Å². The lowest BCUT2D eigenvalue weighted by Crippen LogP contribution is -2.47. The molecule has 2 aliphatic heterocycles. The van der Waals surface area contributed by atoms with E-state index in [1.807, 2.05) is 25.2 Å². The Hall–Kier alpha value is -3.26. The molecule has 8 heteroatoms. The molecular formula is C24H27N5O3. The molecule has 0 saturated carbocycles. The number of carbonyl (C=O) groups is 2. The molecule has 2 atom stereocenters. The van der Waals surface area contributed by atoms with Crippen LogP contribution >= 0.6 is 0 Å². The molecule has 4 heterocycles. The van der Waals surface area contributed by atoms with Crippen LogP contribution in [0.1, 0.15) is 21.5 Å². The van der Waals surface area contributed by atoms with Crippen molar-refractivity contribution in [2.24, 2.45) is 18.4 Å². The van der Waals surface area contributed by atoms with Crippen LogP contribution < -0.4 is 5.32 Å². The van der Waals surface area contributed by atoms with Crippen LogP contribution in [0.25, 0.3) is 11.0 Å². The van der Waals surface area contributed by atoms with E-state index >= 15 is 0 Å². The highest BCUT2D eigenvalue weighted by Crippen LogP contribution is 2.42. The highest BCUT2D eigenvalue weighted by atomic mass is 16.5. The second-order valence-electron chi connectivity index (χ2n) is 8.88. The van der Waals surface area contributed by atoms with Gasteiger partial charge < -0.3 is 15.0 Å². The number of aryl methyl sites for hydroxylation is 2. The summed E-state index contributed by atoms with van der Waals surface area (Å²) in [5, 5.41) is 7.30. The zero-order chi connectivity index (χ0) is 22.3. The Labute approximate surface area is 186 Å². The van der Waals surface area contributed by atoms with Gasteiger partial charge in [0.1, 0.15) is 5.52 Å². The zero-order valence-corrected chi connectivity index (χ0v) is 18.4. The van der Waals surface area contributed by atoms with Crippen LogP contribution in [0.15, 0.2) is 42.7 Å². The number of nitrogens with zero attached hydrogens (tertiary/aromatic N) is 4. The first-order valence-electron chi connectivity index (χ1n) is 11.0. The van der Waals surface area contributed by atoms with Crippen molar-refractivity contribution in [2.75, 3.05) is 32.8 Å². The highest BCUT2D eigenvalue weighted by Gasteiger charge is 2.56. The van der Waals surface area contributed by atoms with Crippen molar-refractivity contribution in [3.05, 3.63) is 59.4 Å². The van der Waals surface area contributed by atoms with Gasteiger partial charge in [-0.05, 0) is 30.5 Å². The fourth-order valence-electron chi connectivity index (χ4n) is 4.91. The van der Waals surface area contributed by atoms with E-state index in [-0.39, 0.29) is 17.7 Å². The van der Waals surface area contributed by atoms with Crippen molar-refractivity contribution in [1.82, 2.24) is 25.0 Å². The molecule has 32 heavy (non-hydrogen) atoms. The van der Waals surface area contributed by atoms with E-state index in [1.54, 1.807) is 22.0 Å². The lowest BCUT2D eigenvalue weighted by molar-refractivity contribution is -0.131. The third-order valence-electron chi connectivity index (χ3n) is 6.90. The molecule has 166 valence electrons. The molecule has 2 amide bonds. The number of pyridine rings is 1. The Morgan fingerprint density at radius 1 is 1.28 bits per heavy atom. The van der Waals surface area contributed by atoms with Gasteiger partial charge in [0.05, 0.1) is 35.9 Å². The predicted octanol–water partition coefficient (Wildman–Crippen LogP) is 1.72. The fourth-order valence-corrected chi connectivity index (χ4v) is 4.91. The van der Waals surface area contributed by atoms with E-state index < -0.39 is 5.41 Å². The quantitative estimate of drug-likeness (QED) is 0.662. The average molecular weight is 434 g/mol. The molecule has 0 bridgehead atoms. The maximum Gasteiger partial charge on any atom is 0.255 e. The largest absolute Gasteiger partial charge is 0.380 e. The van der Waals surface area contributed by atoms with E-state index in [1.165, 1.54) is 11.1 Å². The molecule has 2 aromatic heterocycles. The summed E-state index contributed by atoms with van der Waals surface area (Å²) in [6.07, 6.45) is 4.04. The van der Waals surface area contributed by atoms with Crippen molar-refractivity contribution in [3.8, 4) is 0 Å². The van der Waals surface area contributed by atoms with Crippen molar-refractivity contribution in [3.63, 3.8) is 0 Å². The first-order chi connectivity index (χ1) is 15.5. The van der Waals surface area contributed by atoms with Crippen molar-refractivity contribution in [2.45, 2.75) is 13.3 Å². The van der Waals surface area contributed by atoms with Crippen molar-refractivity contribution < 1.29 is 14.3 Å². The summed E-state index contributed by atoms with van der Waals surface area (Å²) in [4.78, 5) is 32.6. The molecule has 2 fully saturated rings. The minimum Gasteiger partial charge on any atom is -0.380 e. The number of rotatable bonds is 5. The van der Waals surface area contributed by atoms with Gasteiger partial charge in [-0.2, -0.15) is 5.10 Å². The molecular weight excluding hydrogens is 406 g/mol. The van der Waals surface area contributed by atoms with Gasteiger partial charge in [0.25, 0.3) is 5.91 Å². The van der Waals surface area contributed by atoms with Crippen molar-refractivity contribution in [1.29, 1.82) is 0 Å². The molecule has 2 saturated heterocycles. The number of hydrogen-bond acceptors (Lipinski definition) is 5. The van der Waals surface area contributed by atoms with Crippen molar-refractivity contribution >= 4 is 22.8 Å². The maximum atomic E-state index is 13.3. The molecule has 1 N–H and O–H groups in total. The van der Waals surface area contributed by atoms with Gasteiger partial charge in [0.2, 0.25) is 5.91 Å². The number of aromatic nitrogens is 3. The molecule has 8 nitrogen and oxygen atoms in total. The summed E-state index contributed by atoms with van der Waals surface area (Å²) in [7, 11) is 1.83. The average Bonchev–Trinajstić information content (AvgIpc) is 3.47. The second-order valence-corrected chi connectivity index (χ2v) is 8.88. The third kappa shape index (κ3) is 3.44. The SMILES string of the molecule is Cc1ccccc1CCNC(=O)[C@@]12COC[C@@H]1CN(C(=O)c1cnc3cnn(C)c3c1)C2. The summed E-state index contributed by atoms with van der Waals surface area (Å²) >= 11 is 0. The van der Waals surface area contributed by atoms with Gasteiger partial charge in [-0.15, -0.1) is 0 Å². The minimum atomic E-state index is -0.689. The van der Waals surface area contributed by atoms with Gasteiger partial charge in [0.15, 0.2) is 0 Å². The standard InChI is InChI=1S/C24H27N5O3/c1-16-5-3-4-6-17(16)7-8-25-23(31)24-14-29(12-19(24)13-32-15-24)22(30)18-9-21-20(26-10-18)11-27-28(21)2/h3-6,9-11,19H,7-8,12-15H2,1-2H3,(H,25,31)/t19-,24-/m0/s1. The Balaban J connectivity index is 1.28. The van der Waals surface area contributed by atoms with Crippen LogP contribution in [0.4, 0.5) is 0 Å². The lowest BCUT2D eigenvalue weighted by atomic mass is 9.80. The number of fused-ring (bicyclic) bond motifs is 2. The zero-order valence-electron chi connectivity index (χ0n) is 18.4. The molecule has 0 aliphatic carbocycles. The summed E-state index contributed by atoms with van der Waals surface area (Å²) in [6, 6.07) is 10.0. The number of ether oxygens (including phenoxy) is 1. The Kier molecular flexibility index (Phi) is 5.17. The topological polar surface area (TPSA) is 89.3 Å². The molecule has 2 aliphatic rings. The van der Waals surface area contributed by atoms with Gasteiger partial charge >= 0.3 is 0 Å². The first kappa shape index (κ1) is 20.6. The summed E-state index contributed by atoms with van der Waals surface area (Å²) in [5.74, 6) is -0.135. The monoisotopic (exact) mass is 433 g/mol. The number of nitrogens with one attached hydrogen (secondary N) is 1. The van der Waals surface area contributed by atoms with E-state index in [0.29, 0.717) is 38.4 Å². The molecule has 3 aromatic rings. The number of hydrogen-bond donors (Lipinski definition) is 1. The lowest BCUT2D eigenvalue weighted by Gasteiger charge is -2.26. The van der Waals surface area contributed by atoms with Gasteiger partial charge in [-0.25, -0.2) is 0 Å². The third-order valence-corrected chi connectivity index (χ3v) is 6.90. The minimum absolute atomic E-state index is 0.00157. The van der Waals surface area contributed by atoms with Crippen LogP contribution in [-0.2, 0) is 23.0 Å². The first-order valence-corrected chi connectivity index (χ1v) is 11.0. The smallest absolute Gasteiger partial charge is 0.255 e. The van der Waals surface area contributed by atoms with Crippen LogP contribution in [0.2, 0.25) is 0 Å². The van der Waals surface area contributed by atoms with Crippen LogP contribution in [0.3, 0.4) is 0 Å². The maximum absolute atomic E-state index is 13.3. The second kappa shape index (κ2) is 8.02. The van der Waals surface area contributed by atoms with Crippen LogP contribution in [0.5, 0.6) is 0 Å². The number of carbonyl (C=O) groups excluding carboxylic acids is 2. The Morgan fingerprint density at radius 2 is 2.12 bits per heavy atom. The van der Waals surface area contributed by atoms with Gasteiger partial charge in [-0.3, -0.25) is 19.3 Å². The molecule has 0 spiro atoms. The Bertz CT molecular complexity index is 1190. The molecule has 5 rings (SSSR count). The normalized spacial score (nSPS) is 22.3. The summed E-state index contributed by atoms with van der Waals surface area (Å²) in [6.45, 7) is 4.34. The highest BCUT2D eigenvalue weighted by molar-refractivity contribution is 5.97. The van der Waals surface area contributed by atoms with E-state index in [0.717, 1.165) is 17.5 Å².